The Balaban J connectivity index is 3.08. The highest BCUT2D eigenvalue weighted by Crippen LogP contribution is 2.23. The molecular weight excluding hydrogens is 240 g/mol. The highest BCUT2D eigenvalue weighted by molar-refractivity contribution is 9.10. The maximum atomic E-state index is 10.4. The van der Waals surface area contributed by atoms with Crippen LogP contribution in [0.1, 0.15) is 11.7 Å². The third-order valence-electron chi connectivity index (χ3n) is 1.42. The predicted octanol–water partition coefficient (Wildman–Crippen LogP) is 0.634. The van der Waals surface area contributed by atoms with Crippen LogP contribution in [0.5, 0.6) is 5.75 Å². The van der Waals surface area contributed by atoms with Gasteiger partial charge in [0, 0.05) is 10.7 Å². The molecule has 0 bridgehead atoms. The van der Waals surface area contributed by atoms with Crippen molar-refractivity contribution in [2.75, 3.05) is 0 Å². The van der Waals surface area contributed by atoms with Gasteiger partial charge in [0.2, 0.25) is 0 Å². The summed E-state index contributed by atoms with van der Waals surface area (Å²) in [5, 5.41) is 17.8. The van der Waals surface area contributed by atoms with Gasteiger partial charge in [-0.1, -0.05) is 0 Å². The maximum Gasteiger partial charge on any atom is 0.326 e. The molecule has 0 saturated heterocycles. The van der Waals surface area contributed by atoms with E-state index in [4.69, 9.17) is 10.8 Å². The molecule has 1 atom stereocenters. The van der Waals surface area contributed by atoms with Crippen molar-refractivity contribution in [2.45, 2.75) is 6.04 Å². The molecule has 0 aromatic carbocycles. The van der Waals surface area contributed by atoms with Crippen LogP contribution in [0.15, 0.2) is 16.7 Å². The first-order chi connectivity index (χ1) is 6.02. The van der Waals surface area contributed by atoms with E-state index in [0.29, 0.717) is 4.47 Å². The minimum Gasteiger partial charge on any atom is -0.506 e. The Morgan fingerprint density at radius 2 is 2.31 bits per heavy atom. The molecule has 0 aliphatic heterocycles. The van der Waals surface area contributed by atoms with E-state index in [0.717, 1.165) is 0 Å². The zero-order chi connectivity index (χ0) is 10.0. The van der Waals surface area contributed by atoms with E-state index in [-0.39, 0.29) is 11.4 Å². The van der Waals surface area contributed by atoms with Crippen molar-refractivity contribution in [1.29, 1.82) is 0 Å². The third kappa shape index (κ3) is 2.16. The van der Waals surface area contributed by atoms with Gasteiger partial charge in [-0.25, -0.2) is 0 Å². The van der Waals surface area contributed by atoms with Gasteiger partial charge in [-0.2, -0.15) is 0 Å². The number of carbonyl (C=O) groups is 1. The Morgan fingerprint density at radius 3 is 2.77 bits per heavy atom. The van der Waals surface area contributed by atoms with Crippen LogP contribution in [0, 0.1) is 0 Å². The summed E-state index contributed by atoms with van der Waals surface area (Å²) >= 11 is 3.07. The van der Waals surface area contributed by atoms with Crippen molar-refractivity contribution >= 4 is 21.9 Å². The molecular formula is C7H7BrN2O3. The number of carboxylic acid groups (broad SMARTS) is 1. The fourth-order valence-corrected chi connectivity index (χ4v) is 1.11. The first-order valence-electron chi connectivity index (χ1n) is 3.35. The Bertz CT molecular complexity index is 343. The fourth-order valence-electron chi connectivity index (χ4n) is 0.796. The lowest BCUT2D eigenvalue weighted by Crippen LogP contribution is -2.21. The fraction of sp³-hybridized carbons (Fsp3) is 0.143. The molecule has 13 heavy (non-hydrogen) atoms. The lowest BCUT2D eigenvalue weighted by atomic mass is 10.2. The largest absolute Gasteiger partial charge is 0.506 e. The summed E-state index contributed by atoms with van der Waals surface area (Å²) < 4.78 is 0.561. The molecule has 0 aliphatic carbocycles. The Hall–Kier alpha value is -1.14. The quantitative estimate of drug-likeness (QED) is 0.712. The van der Waals surface area contributed by atoms with Gasteiger partial charge in [-0.05, 0) is 22.0 Å². The van der Waals surface area contributed by atoms with Gasteiger partial charge < -0.3 is 15.9 Å². The first kappa shape index (κ1) is 9.94. The minimum atomic E-state index is -1.30. The Kier molecular flexibility index (Phi) is 2.84. The van der Waals surface area contributed by atoms with Gasteiger partial charge in [0.15, 0.2) is 0 Å². The van der Waals surface area contributed by atoms with Crippen LogP contribution >= 0.6 is 15.9 Å². The second kappa shape index (κ2) is 3.71. The van der Waals surface area contributed by atoms with E-state index in [1.807, 2.05) is 0 Å². The smallest absolute Gasteiger partial charge is 0.326 e. The zero-order valence-electron chi connectivity index (χ0n) is 6.44. The number of aromatic hydroxyl groups is 1. The number of nitrogens with zero attached hydrogens (tertiary/aromatic N) is 1. The van der Waals surface area contributed by atoms with E-state index < -0.39 is 12.0 Å². The van der Waals surface area contributed by atoms with Crippen molar-refractivity contribution < 1.29 is 15.0 Å². The Labute approximate surface area is 82.3 Å². The molecule has 6 heteroatoms. The van der Waals surface area contributed by atoms with Crippen LogP contribution in [0.25, 0.3) is 0 Å². The van der Waals surface area contributed by atoms with E-state index in [1.54, 1.807) is 0 Å². The summed E-state index contributed by atoms with van der Waals surface area (Å²) in [6, 6.07) is 0.0404. The lowest BCUT2D eigenvalue weighted by molar-refractivity contribution is -0.138. The maximum absolute atomic E-state index is 10.4. The number of halogens is 1. The van der Waals surface area contributed by atoms with Crippen molar-refractivity contribution in [3.8, 4) is 5.75 Å². The average molecular weight is 247 g/mol. The van der Waals surface area contributed by atoms with Crippen LogP contribution in [-0.4, -0.2) is 21.2 Å². The number of aromatic nitrogens is 1. The van der Waals surface area contributed by atoms with Crippen molar-refractivity contribution in [3.63, 3.8) is 0 Å². The van der Waals surface area contributed by atoms with Gasteiger partial charge >= 0.3 is 5.97 Å². The molecule has 0 aliphatic rings. The van der Waals surface area contributed by atoms with Gasteiger partial charge in [0.05, 0.1) is 0 Å². The van der Waals surface area contributed by atoms with Crippen LogP contribution in [0.4, 0.5) is 0 Å². The summed E-state index contributed by atoms with van der Waals surface area (Å²) in [7, 11) is 0. The topological polar surface area (TPSA) is 96.4 Å². The molecule has 4 N–H and O–H groups in total. The average Bonchev–Trinajstić information content (AvgIpc) is 2.03. The number of hydrogen-bond acceptors (Lipinski definition) is 4. The summed E-state index contributed by atoms with van der Waals surface area (Å²) in [6.07, 6.45) is 1.37. The highest BCUT2D eigenvalue weighted by Gasteiger charge is 2.19. The standard InChI is InChI=1S/C7H7BrN2O3/c8-3-1-4(11)6(10-2-3)5(9)7(12)13/h1-2,5,11H,9H2,(H,12,13)/t5-/m0/s1. The summed E-state index contributed by atoms with van der Waals surface area (Å²) in [5.74, 6) is -1.46. The van der Waals surface area contributed by atoms with E-state index in [2.05, 4.69) is 20.9 Å². The predicted molar refractivity (Wildman–Crippen MR) is 48.2 cm³/mol. The van der Waals surface area contributed by atoms with E-state index >= 15 is 0 Å². The van der Waals surface area contributed by atoms with Crippen molar-refractivity contribution in [1.82, 2.24) is 4.98 Å². The van der Waals surface area contributed by atoms with Crippen LogP contribution in [-0.2, 0) is 4.79 Å². The third-order valence-corrected chi connectivity index (χ3v) is 1.86. The van der Waals surface area contributed by atoms with Crippen molar-refractivity contribution in [3.05, 3.63) is 22.4 Å². The molecule has 0 amide bonds. The van der Waals surface area contributed by atoms with Crippen LogP contribution in [0.2, 0.25) is 0 Å². The molecule has 5 nitrogen and oxygen atoms in total. The van der Waals surface area contributed by atoms with Crippen LogP contribution < -0.4 is 5.73 Å². The first-order valence-corrected chi connectivity index (χ1v) is 4.14. The summed E-state index contributed by atoms with van der Waals surface area (Å²) in [5.41, 5.74) is 5.21. The molecule has 1 aromatic rings. The van der Waals surface area contributed by atoms with E-state index in [9.17, 15) is 9.90 Å². The van der Waals surface area contributed by atoms with Gasteiger partial charge in [0.25, 0.3) is 0 Å². The number of aliphatic carboxylic acids is 1. The molecule has 0 unspecified atom stereocenters. The summed E-state index contributed by atoms with van der Waals surface area (Å²) in [6.45, 7) is 0. The number of hydrogen-bond donors (Lipinski definition) is 3. The SMILES string of the molecule is N[C@H](C(=O)O)c1ncc(Br)cc1O. The molecule has 0 fully saturated rings. The molecule has 0 spiro atoms. The summed E-state index contributed by atoms with van der Waals surface area (Å²) in [4.78, 5) is 14.1. The second-order valence-corrected chi connectivity index (χ2v) is 3.29. The molecule has 70 valence electrons. The minimum absolute atomic E-state index is 0.0456. The van der Waals surface area contributed by atoms with Crippen molar-refractivity contribution in [2.24, 2.45) is 5.73 Å². The number of nitrogens with two attached hydrogens (primary N) is 1. The van der Waals surface area contributed by atoms with Gasteiger partial charge in [-0.15, -0.1) is 0 Å². The van der Waals surface area contributed by atoms with Gasteiger partial charge in [-0.3, -0.25) is 9.78 Å². The normalized spacial score (nSPS) is 12.5. The molecule has 0 radical (unpaired) electrons. The molecule has 1 heterocycles. The zero-order valence-corrected chi connectivity index (χ0v) is 8.02. The Morgan fingerprint density at radius 1 is 1.69 bits per heavy atom. The monoisotopic (exact) mass is 246 g/mol. The van der Waals surface area contributed by atoms with E-state index in [1.165, 1.54) is 12.3 Å². The molecule has 0 saturated carbocycles. The second-order valence-electron chi connectivity index (χ2n) is 2.37. The molecule has 1 aromatic heterocycles. The number of rotatable bonds is 2. The highest BCUT2D eigenvalue weighted by atomic mass is 79.9. The lowest BCUT2D eigenvalue weighted by Gasteiger charge is -2.07. The van der Waals surface area contributed by atoms with Gasteiger partial charge in [0.1, 0.15) is 17.5 Å². The van der Waals surface area contributed by atoms with Crippen LogP contribution in [0.3, 0.4) is 0 Å². The number of carboxylic acids is 1. The number of pyridine rings is 1. The molecule has 1 rings (SSSR count).